The summed E-state index contributed by atoms with van der Waals surface area (Å²) < 4.78 is 30.1. The minimum absolute atomic E-state index is 0.0314. The van der Waals surface area contributed by atoms with Crippen LogP contribution in [-0.2, 0) is 16.1 Å². The first kappa shape index (κ1) is 17.9. The lowest BCUT2D eigenvalue weighted by atomic mass is 9.81. The van der Waals surface area contributed by atoms with Crippen LogP contribution in [0.15, 0.2) is 42.0 Å². The average molecular weight is 339 g/mol. The van der Waals surface area contributed by atoms with Crippen LogP contribution in [0, 0.1) is 5.92 Å². The lowest BCUT2D eigenvalue weighted by Gasteiger charge is -2.28. The number of hydrogen-bond acceptors (Lipinski definition) is 3. The smallest absolute Gasteiger partial charge is 0.408 e. The van der Waals surface area contributed by atoms with Gasteiger partial charge < -0.3 is 15.2 Å². The highest BCUT2D eigenvalue weighted by molar-refractivity contribution is 5.80. The Balaban J connectivity index is 1.88. The Bertz CT molecular complexity index is 604. The molecular formula is C17H19F2NO4. The number of rotatable bonds is 5. The summed E-state index contributed by atoms with van der Waals surface area (Å²) in [6.07, 6.45) is -1.62. The van der Waals surface area contributed by atoms with Crippen LogP contribution in [0.3, 0.4) is 0 Å². The Hall–Kier alpha value is -2.44. The maximum atomic E-state index is 12.6. The van der Waals surface area contributed by atoms with Crippen molar-refractivity contribution in [2.24, 2.45) is 5.92 Å². The number of halogens is 2. The van der Waals surface area contributed by atoms with Gasteiger partial charge in [-0.2, -0.15) is 8.78 Å². The standard InChI is InChI=1S/C17H19F2NO4/c18-15(19)13-8-6-12(7-9-13)14(16(21)22)20-17(23)24-10-11-4-2-1-3-5-11/h1-5,12,14H,6-10H2,(H,20,23)(H,21,22)/t14-/m0/s1. The topological polar surface area (TPSA) is 75.6 Å². The van der Waals surface area contributed by atoms with Crippen LogP contribution in [0.2, 0.25) is 0 Å². The fourth-order valence-corrected chi connectivity index (χ4v) is 2.78. The van der Waals surface area contributed by atoms with E-state index in [1.807, 2.05) is 6.07 Å². The molecule has 1 aromatic rings. The van der Waals surface area contributed by atoms with Gasteiger partial charge in [-0.05, 0) is 42.7 Å². The van der Waals surface area contributed by atoms with Crippen LogP contribution in [0.1, 0.15) is 31.2 Å². The van der Waals surface area contributed by atoms with E-state index in [0.717, 1.165) is 5.56 Å². The summed E-state index contributed by atoms with van der Waals surface area (Å²) in [4.78, 5) is 23.2. The molecule has 2 N–H and O–H groups in total. The number of alkyl carbamates (subject to hydrolysis) is 1. The van der Waals surface area contributed by atoms with Crippen molar-refractivity contribution >= 4 is 12.1 Å². The Kier molecular flexibility index (Phi) is 6.28. The lowest BCUT2D eigenvalue weighted by Crippen LogP contribution is -2.46. The number of hydrogen-bond donors (Lipinski definition) is 2. The van der Waals surface area contributed by atoms with E-state index in [-0.39, 0.29) is 25.0 Å². The van der Waals surface area contributed by atoms with Gasteiger partial charge in [-0.1, -0.05) is 30.3 Å². The van der Waals surface area contributed by atoms with Crippen molar-refractivity contribution in [3.05, 3.63) is 47.5 Å². The molecule has 0 heterocycles. The quantitative estimate of drug-likeness (QED) is 0.857. The van der Waals surface area contributed by atoms with Crippen molar-refractivity contribution in [2.75, 3.05) is 0 Å². The van der Waals surface area contributed by atoms with Crippen molar-refractivity contribution in [1.82, 2.24) is 5.32 Å². The highest BCUT2D eigenvalue weighted by Gasteiger charge is 2.33. The summed E-state index contributed by atoms with van der Waals surface area (Å²) in [5.41, 5.74) is 0.854. The van der Waals surface area contributed by atoms with Crippen molar-refractivity contribution in [1.29, 1.82) is 0 Å². The molecule has 1 fully saturated rings. The molecule has 0 aliphatic heterocycles. The van der Waals surface area contributed by atoms with Gasteiger partial charge in [0, 0.05) is 0 Å². The largest absolute Gasteiger partial charge is 0.480 e. The van der Waals surface area contributed by atoms with Gasteiger partial charge in [-0.25, -0.2) is 9.59 Å². The summed E-state index contributed by atoms with van der Waals surface area (Å²) >= 11 is 0. The third-order valence-electron chi connectivity index (χ3n) is 4.12. The second kappa shape index (κ2) is 8.42. The van der Waals surface area contributed by atoms with Crippen molar-refractivity contribution in [2.45, 2.75) is 38.3 Å². The zero-order chi connectivity index (χ0) is 17.5. The molecule has 0 aromatic heterocycles. The number of carboxylic acid groups (broad SMARTS) is 1. The molecule has 2 rings (SSSR count). The molecule has 24 heavy (non-hydrogen) atoms. The summed E-state index contributed by atoms with van der Waals surface area (Å²) in [6.45, 7) is 0.0314. The zero-order valence-corrected chi connectivity index (χ0v) is 13.0. The molecule has 5 nitrogen and oxygen atoms in total. The summed E-state index contributed by atoms with van der Waals surface area (Å²) in [6, 6.07) is 7.85. The third-order valence-corrected chi connectivity index (χ3v) is 4.12. The highest BCUT2D eigenvalue weighted by atomic mass is 19.3. The Labute approximate surface area is 138 Å². The fraction of sp³-hybridized carbons (Fsp3) is 0.412. The number of ether oxygens (including phenoxy) is 1. The Morgan fingerprint density at radius 1 is 1.21 bits per heavy atom. The molecule has 1 saturated carbocycles. The molecule has 1 amide bonds. The monoisotopic (exact) mass is 339 g/mol. The minimum Gasteiger partial charge on any atom is -0.480 e. The van der Waals surface area contributed by atoms with Gasteiger partial charge in [0.1, 0.15) is 12.6 Å². The third kappa shape index (κ3) is 5.04. The molecule has 0 spiro atoms. The first-order chi connectivity index (χ1) is 11.5. The second-order valence-electron chi connectivity index (χ2n) is 5.72. The van der Waals surface area contributed by atoms with Gasteiger partial charge in [-0.3, -0.25) is 0 Å². The first-order valence-electron chi connectivity index (χ1n) is 7.70. The lowest BCUT2D eigenvalue weighted by molar-refractivity contribution is -0.141. The molecule has 0 saturated heterocycles. The Morgan fingerprint density at radius 3 is 2.38 bits per heavy atom. The number of carboxylic acids is 1. The molecule has 1 aromatic carbocycles. The van der Waals surface area contributed by atoms with E-state index in [9.17, 15) is 23.5 Å². The highest BCUT2D eigenvalue weighted by Crippen LogP contribution is 2.33. The van der Waals surface area contributed by atoms with E-state index >= 15 is 0 Å². The van der Waals surface area contributed by atoms with E-state index in [2.05, 4.69) is 5.32 Å². The molecule has 0 bridgehead atoms. The van der Waals surface area contributed by atoms with Crippen LogP contribution in [-0.4, -0.2) is 23.2 Å². The van der Waals surface area contributed by atoms with Gasteiger partial charge in [0.25, 0.3) is 6.08 Å². The molecule has 1 aliphatic rings. The van der Waals surface area contributed by atoms with E-state index in [4.69, 9.17) is 4.74 Å². The summed E-state index contributed by atoms with van der Waals surface area (Å²) in [5, 5.41) is 11.6. The number of aliphatic carboxylic acids is 1. The number of benzene rings is 1. The van der Waals surface area contributed by atoms with Gasteiger partial charge >= 0.3 is 12.1 Å². The summed E-state index contributed by atoms with van der Waals surface area (Å²) in [5.74, 6) is -1.58. The number of carbonyl (C=O) groups excluding carboxylic acids is 1. The molecule has 0 unspecified atom stereocenters. The number of carbonyl (C=O) groups is 2. The normalized spacial score (nSPS) is 18.6. The van der Waals surface area contributed by atoms with Crippen LogP contribution < -0.4 is 5.32 Å². The van der Waals surface area contributed by atoms with Gasteiger partial charge in [-0.15, -0.1) is 0 Å². The van der Waals surface area contributed by atoms with E-state index in [1.54, 1.807) is 24.3 Å². The predicted octanol–water partition coefficient (Wildman–Crippen LogP) is 3.71. The Morgan fingerprint density at radius 2 is 1.83 bits per heavy atom. The van der Waals surface area contributed by atoms with Crippen LogP contribution in [0.4, 0.5) is 13.6 Å². The van der Waals surface area contributed by atoms with Gasteiger partial charge in [0.2, 0.25) is 0 Å². The molecule has 0 radical (unpaired) electrons. The molecule has 1 atom stereocenters. The fourth-order valence-electron chi connectivity index (χ4n) is 2.78. The minimum atomic E-state index is -1.68. The van der Waals surface area contributed by atoms with Crippen molar-refractivity contribution in [3.63, 3.8) is 0 Å². The molecule has 130 valence electrons. The van der Waals surface area contributed by atoms with Gasteiger partial charge in [0.15, 0.2) is 0 Å². The second-order valence-corrected chi connectivity index (χ2v) is 5.72. The van der Waals surface area contributed by atoms with E-state index in [0.29, 0.717) is 12.8 Å². The van der Waals surface area contributed by atoms with Gasteiger partial charge in [0.05, 0.1) is 0 Å². The van der Waals surface area contributed by atoms with Crippen LogP contribution >= 0.6 is 0 Å². The SMILES string of the molecule is O=C(N[C@H](C(=O)O)C1CCC(=C(F)F)CC1)OCc1ccccc1. The zero-order valence-electron chi connectivity index (χ0n) is 13.0. The predicted molar refractivity (Wildman–Crippen MR) is 82.4 cm³/mol. The average Bonchev–Trinajstić information content (AvgIpc) is 2.58. The summed E-state index contributed by atoms with van der Waals surface area (Å²) in [7, 11) is 0. The van der Waals surface area contributed by atoms with E-state index in [1.165, 1.54) is 0 Å². The van der Waals surface area contributed by atoms with Crippen molar-refractivity contribution in [3.8, 4) is 0 Å². The first-order valence-corrected chi connectivity index (χ1v) is 7.70. The molecule has 7 heteroatoms. The van der Waals surface area contributed by atoms with E-state index < -0.39 is 30.1 Å². The molecule has 1 aliphatic carbocycles. The molecular weight excluding hydrogens is 320 g/mol. The maximum Gasteiger partial charge on any atom is 0.408 e. The number of amides is 1. The van der Waals surface area contributed by atoms with Crippen LogP contribution in [0.25, 0.3) is 0 Å². The number of nitrogens with one attached hydrogen (secondary N) is 1. The van der Waals surface area contributed by atoms with Crippen molar-refractivity contribution < 1.29 is 28.2 Å². The van der Waals surface area contributed by atoms with Crippen LogP contribution in [0.5, 0.6) is 0 Å². The number of allylic oxidation sites excluding steroid dienone is 1. The maximum absolute atomic E-state index is 12.6.